The lowest BCUT2D eigenvalue weighted by Crippen LogP contribution is -2.40. The van der Waals surface area contributed by atoms with Crippen molar-refractivity contribution < 1.29 is 19.0 Å². The standard InChI is InChI=1S/C18H22FN3O3/c1-25-18(24)17(23)14-6-8-21(9-7-14)11-13-10-20-22(12-13)16-4-2-15(19)3-5-16/h2-5,10,12,14,17,23H,6-9,11H2,1H3/t17-/m0/s1. The summed E-state index contributed by atoms with van der Waals surface area (Å²) in [6.45, 7) is 2.36. The van der Waals surface area contributed by atoms with Crippen molar-refractivity contribution in [2.24, 2.45) is 5.92 Å². The Bertz CT molecular complexity index is 709. The van der Waals surface area contributed by atoms with Crippen LogP contribution in [0.1, 0.15) is 18.4 Å². The Morgan fingerprint density at radius 3 is 2.68 bits per heavy atom. The van der Waals surface area contributed by atoms with Gasteiger partial charge in [-0.15, -0.1) is 0 Å². The summed E-state index contributed by atoms with van der Waals surface area (Å²) in [4.78, 5) is 13.7. The van der Waals surface area contributed by atoms with E-state index in [9.17, 15) is 14.3 Å². The summed E-state index contributed by atoms with van der Waals surface area (Å²) in [5.41, 5.74) is 1.88. The lowest BCUT2D eigenvalue weighted by molar-refractivity contribution is -0.154. The molecule has 1 fully saturated rings. The SMILES string of the molecule is COC(=O)[C@@H](O)C1CCN(Cc2cnn(-c3ccc(F)cc3)c2)CC1. The maximum atomic E-state index is 13.0. The quantitative estimate of drug-likeness (QED) is 0.835. The normalized spacial score (nSPS) is 17.4. The molecule has 0 spiro atoms. The molecule has 0 aliphatic carbocycles. The Morgan fingerprint density at radius 2 is 2.04 bits per heavy atom. The number of nitrogens with zero attached hydrogens (tertiary/aromatic N) is 3. The molecule has 0 saturated carbocycles. The number of benzene rings is 1. The first kappa shape index (κ1) is 17.6. The summed E-state index contributed by atoms with van der Waals surface area (Å²) in [5.74, 6) is -0.877. The van der Waals surface area contributed by atoms with E-state index in [0.29, 0.717) is 0 Å². The number of hydrogen-bond acceptors (Lipinski definition) is 5. The van der Waals surface area contributed by atoms with E-state index in [1.54, 1.807) is 23.0 Å². The molecule has 1 aliphatic heterocycles. The van der Waals surface area contributed by atoms with Gasteiger partial charge in [0.25, 0.3) is 0 Å². The zero-order valence-electron chi connectivity index (χ0n) is 14.1. The van der Waals surface area contributed by atoms with E-state index in [4.69, 9.17) is 0 Å². The fraction of sp³-hybridized carbons (Fsp3) is 0.444. The van der Waals surface area contributed by atoms with E-state index < -0.39 is 12.1 Å². The van der Waals surface area contributed by atoms with E-state index in [1.807, 2.05) is 6.20 Å². The van der Waals surface area contributed by atoms with Gasteiger partial charge in [0.2, 0.25) is 0 Å². The van der Waals surface area contributed by atoms with Crippen LogP contribution in [0.4, 0.5) is 4.39 Å². The van der Waals surface area contributed by atoms with Crippen molar-refractivity contribution in [2.45, 2.75) is 25.5 Å². The Hall–Kier alpha value is -2.25. The molecule has 6 nitrogen and oxygen atoms in total. The molecule has 1 atom stereocenters. The molecule has 7 heteroatoms. The van der Waals surface area contributed by atoms with Gasteiger partial charge in [-0.2, -0.15) is 5.10 Å². The Balaban J connectivity index is 1.54. The maximum Gasteiger partial charge on any atom is 0.334 e. The van der Waals surface area contributed by atoms with Crippen LogP contribution in [0, 0.1) is 11.7 Å². The molecule has 2 heterocycles. The molecule has 134 valence electrons. The second-order valence-corrected chi connectivity index (χ2v) is 6.35. The van der Waals surface area contributed by atoms with Crippen molar-refractivity contribution in [3.8, 4) is 5.69 Å². The zero-order valence-corrected chi connectivity index (χ0v) is 14.1. The molecule has 1 aromatic carbocycles. The number of likely N-dealkylation sites (tertiary alicyclic amines) is 1. The molecular formula is C18H22FN3O3. The first-order valence-electron chi connectivity index (χ1n) is 8.34. The van der Waals surface area contributed by atoms with Gasteiger partial charge in [-0.25, -0.2) is 13.9 Å². The minimum absolute atomic E-state index is 0.0503. The van der Waals surface area contributed by atoms with Crippen molar-refractivity contribution in [1.29, 1.82) is 0 Å². The average Bonchev–Trinajstić information content (AvgIpc) is 3.10. The second kappa shape index (κ2) is 7.76. The van der Waals surface area contributed by atoms with Crippen molar-refractivity contribution in [1.82, 2.24) is 14.7 Å². The largest absolute Gasteiger partial charge is 0.467 e. The minimum Gasteiger partial charge on any atom is -0.467 e. The highest BCUT2D eigenvalue weighted by molar-refractivity contribution is 5.74. The molecule has 1 saturated heterocycles. The molecule has 1 aliphatic rings. The number of rotatable bonds is 5. The van der Waals surface area contributed by atoms with Crippen LogP contribution in [-0.4, -0.2) is 52.1 Å². The highest BCUT2D eigenvalue weighted by Crippen LogP contribution is 2.23. The predicted octanol–water partition coefficient (Wildman–Crippen LogP) is 1.76. The summed E-state index contributed by atoms with van der Waals surface area (Å²) in [7, 11) is 1.29. The lowest BCUT2D eigenvalue weighted by Gasteiger charge is -2.33. The fourth-order valence-electron chi connectivity index (χ4n) is 3.17. The van der Waals surface area contributed by atoms with Crippen molar-refractivity contribution >= 4 is 5.97 Å². The maximum absolute atomic E-state index is 13.0. The van der Waals surface area contributed by atoms with E-state index in [-0.39, 0.29) is 11.7 Å². The summed E-state index contributed by atoms with van der Waals surface area (Å²) >= 11 is 0. The third kappa shape index (κ3) is 4.24. The molecule has 0 radical (unpaired) electrons. The van der Waals surface area contributed by atoms with Gasteiger partial charge in [0.05, 0.1) is 19.0 Å². The molecule has 2 aromatic rings. The number of halogens is 1. The summed E-state index contributed by atoms with van der Waals surface area (Å²) in [5, 5.41) is 14.3. The smallest absolute Gasteiger partial charge is 0.334 e. The Morgan fingerprint density at radius 1 is 1.36 bits per heavy atom. The third-order valence-electron chi connectivity index (χ3n) is 4.65. The first-order chi connectivity index (χ1) is 12.1. The first-order valence-corrected chi connectivity index (χ1v) is 8.34. The van der Waals surface area contributed by atoms with Gasteiger partial charge in [0, 0.05) is 18.3 Å². The molecule has 1 N–H and O–H groups in total. The Kier molecular flexibility index (Phi) is 5.45. The molecule has 3 rings (SSSR count). The second-order valence-electron chi connectivity index (χ2n) is 6.35. The van der Waals surface area contributed by atoms with Gasteiger partial charge in [0.15, 0.2) is 6.10 Å². The van der Waals surface area contributed by atoms with E-state index in [2.05, 4.69) is 14.7 Å². The van der Waals surface area contributed by atoms with Crippen LogP contribution in [0.15, 0.2) is 36.7 Å². The van der Waals surface area contributed by atoms with E-state index in [0.717, 1.165) is 43.7 Å². The van der Waals surface area contributed by atoms with Gasteiger partial charge >= 0.3 is 5.97 Å². The van der Waals surface area contributed by atoms with Gasteiger partial charge in [0.1, 0.15) is 5.82 Å². The van der Waals surface area contributed by atoms with Gasteiger partial charge in [-0.3, -0.25) is 4.90 Å². The van der Waals surface area contributed by atoms with Crippen LogP contribution in [0.25, 0.3) is 5.69 Å². The fourth-order valence-corrected chi connectivity index (χ4v) is 3.17. The van der Waals surface area contributed by atoms with Crippen molar-refractivity contribution in [3.05, 3.63) is 48.0 Å². The molecule has 0 amide bonds. The monoisotopic (exact) mass is 347 g/mol. The van der Waals surface area contributed by atoms with Crippen LogP contribution in [-0.2, 0) is 16.1 Å². The van der Waals surface area contributed by atoms with Crippen molar-refractivity contribution in [3.63, 3.8) is 0 Å². The molecule has 1 aromatic heterocycles. The summed E-state index contributed by atoms with van der Waals surface area (Å²) < 4.78 is 19.3. The van der Waals surface area contributed by atoms with Crippen LogP contribution < -0.4 is 0 Å². The number of aliphatic hydroxyl groups is 1. The number of ether oxygens (including phenoxy) is 1. The number of aliphatic hydroxyl groups excluding tert-OH is 1. The molecular weight excluding hydrogens is 325 g/mol. The highest BCUT2D eigenvalue weighted by atomic mass is 19.1. The third-order valence-corrected chi connectivity index (χ3v) is 4.65. The number of esters is 1. The van der Waals surface area contributed by atoms with E-state index >= 15 is 0 Å². The number of carbonyl (C=O) groups excluding carboxylic acids is 1. The topological polar surface area (TPSA) is 67.6 Å². The van der Waals surface area contributed by atoms with Crippen LogP contribution in [0.5, 0.6) is 0 Å². The summed E-state index contributed by atoms with van der Waals surface area (Å²) in [6.07, 6.45) is 4.21. The van der Waals surface area contributed by atoms with Crippen LogP contribution in [0.3, 0.4) is 0 Å². The van der Waals surface area contributed by atoms with Gasteiger partial charge in [-0.1, -0.05) is 0 Å². The predicted molar refractivity (Wildman–Crippen MR) is 89.5 cm³/mol. The number of piperidine rings is 1. The van der Waals surface area contributed by atoms with Crippen molar-refractivity contribution in [2.75, 3.05) is 20.2 Å². The zero-order chi connectivity index (χ0) is 17.8. The number of methoxy groups -OCH3 is 1. The molecule has 0 bridgehead atoms. The number of carbonyl (C=O) groups is 1. The highest BCUT2D eigenvalue weighted by Gasteiger charge is 2.30. The Labute approximate surface area is 145 Å². The molecule has 0 unspecified atom stereocenters. The lowest BCUT2D eigenvalue weighted by atomic mass is 9.91. The molecule has 25 heavy (non-hydrogen) atoms. The van der Waals surface area contributed by atoms with Crippen LogP contribution in [0.2, 0.25) is 0 Å². The number of aromatic nitrogens is 2. The van der Waals surface area contributed by atoms with Crippen LogP contribution >= 0.6 is 0 Å². The summed E-state index contributed by atoms with van der Waals surface area (Å²) in [6, 6.07) is 6.19. The van der Waals surface area contributed by atoms with E-state index in [1.165, 1.54) is 19.2 Å². The average molecular weight is 347 g/mol. The van der Waals surface area contributed by atoms with Gasteiger partial charge in [-0.05, 0) is 56.1 Å². The number of hydrogen-bond donors (Lipinski definition) is 1. The minimum atomic E-state index is -1.03. The van der Waals surface area contributed by atoms with Gasteiger partial charge < -0.3 is 9.84 Å².